The minimum Gasteiger partial charge on any atom is -0.351 e. The lowest BCUT2D eigenvalue weighted by Crippen LogP contribution is -2.41. The molecule has 1 heterocycles. The van der Waals surface area contributed by atoms with Gasteiger partial charge in [0.1, 0.15) is 0 Å². The Morgan fingerprint density at radius 1 is 1.45 bits per heavy atom. The van der Waals surface area contributed by atoms with Gasteiger partial charge in [0.05, 0.1) is 11.6 Å². The molecule has 1 amide bonds. The number of carbonyl (C=O) groups excluding carboxylic acids is 1. The molecule has 112 valence electrons. The molecule has 1 aliphatic heterocycles. The Morgan fingerprint density at radius 3 is 2.80 bits per heavy atom. The molecule has 1 unspecified atom stereocenters. The van der Waals surface area contributed by atoms with Crippen LogP contribution in [0.25, 0.3) is 0 Å². The molecule has 1 atom stereocenters. The minimum absolute atomic E-state index is 0. The van der Waals surface area contributed by atoms with Crippen molar-refractivity contribution in [3.63, 3.8) is 0 Å². The van der Waals surface area contributed by atoms with Crippen LogP contribution in [-0.2, 0) is 17.5 Å². The molecular formula is C12H14ClF3N2OS. The summed E-state index contributed by atoms with van der Waals surface area (Å²) in [5.74, 6) is 1.23. The molecule has 3 nitrogen and oxygen atoms in total. The average molecular weight is 327 g/mol. The fraction of sp³-hybridized carbons (Fsp3) is 0.417. The second kappa shape index (κ2) is 7.19. The fourth-order valence-electron chi connectivity index (χ4n) is 1.73. The zero-order chi connectivity index (χ0) is 13.9. The highest BCUT2D eigenvalue weighted by atomic mass is 35.5. The van der Waals surface area contributed by atoms with E-state index in [0.717, 1.165) is 18.0 Å². The van der Waals surface area contributed by atoms with E-state index in [0.29, 0.717) is 11.3 Å². The summed E-state index contributed by atoms with van der Waals surface area (Å²) in [5, 5.41) is 5.64. The van der Waals surface area contributed by atoms with E-state index in [2.05, 4.69) is 10.6 Å². The SMILES string of the molecule is Cl.O=C(NCc1cccc(C(F)(F)F)c1)C1CSCN1. The van der Waals surface area contributed by atoms with Crippen LogP contribution < -0.4 is 10.6 Å². The molecule has 8 heteroatoms. The van der Waals surface area contributed by atoms with Gasteiger partial charge >= 0.3 is 6.18 Å². The Morgan fingerprint density at radius 2 is 2.20 bits per heavy atom. The maximum atomic E-state index is 12.5. The molecular weight excluding hydrogens is 313 g/mol. The lowest BCUT2D eigenvalue weighted by Gasteiger charge is -2.12. The number of halogens is 4. The highest BCUT2D eigenvalue weighted by Crippen LogP contribution is 2.29. The van der Waals surface area contributed by atoms with E-state index in [4.69, 9.17) is 0 Å². The number of hydrogen-bond donors (Lipinski definition) is 2. The highest BCUT2D eigenvalue weighted by Gasteiger charge is 2.30. The van der Waals surface area contributed by atoms with Gasteiger partial charge in [0.25, 0.3) is 0 Å². The second-order valence-electron chi connectivity index (χ2n) is 4.19. The van der Waals surface area contributed by atoms with Crippen molar-refractivity contribution < 1.29 is 18.0 Å². The third kappa shape index (κ3) is 4.57. The lowest BCUT2D eigenvalue weighted by atomic mass is 10.1. The number of rotatable bonds is 3. The van der Waals surface area contributed by atoms with E-state index in [-0.39, 0.29) is 30.9 Å². The van der Waals surface area contributed by atoms with Crippen LogP contribution in [-0.4, -0.2) is 23.6 Å². The summed E-state index contributed by atoms with van der Waals surface area (Å²) < 4.78 is 37.5. The van der Waals surface area contributed by atoms with Gasteiger partial charge in [-0.3, -0.25) is 10.1 Å². The van der Waals surface area contributed by atoms with Crippen LogP contribution in [0.4, 0.5) is 13.2 Å². The summed E-state index contributed by atoms with van der Waals surface area (Å²) in [7, 11) is 0. The molecule has 0 saturated carbocycles. The topological polar surface area (TPSA) is 41.1 Å². The zero-order valence-electron chi connectivity index (χ0n) is 10.4. The normalized spacial score (nSPS) is 18.4. The number of amides is 1. The summed E-state index contributed by atoms with van der Waals surface area (Å²) in [6.07, 6.45) is -4.36. The van der Waals surface area contributed by atoms with Crippen LogP contribution >= 0.6 is 24.2 Å². The zero-order valence-corrected chi connectivity index (χ0v) is 12.0. The standard InChI is InChI=1S/C12H13F3N2OS.ClH/c13-12(14,15)9-3-1-2-8(4-9)5-16-11(18)10-6-19-7-17-10;/h1-4,10,17H,5-7H2,(H,16,18);1H. The van der Waals surface area contributed by atoms with Gasteiger partial charge in [-0.15, -0.1) is 24.2 Å². The predicted molar refractivity (Wildman–Crippen MR) is 74.8 cm³/mol. The largest absolute Gasteiger partial charge is 0.416 e. The molecule has 0 spiro atoms. The monoisotopic (exact) mass is 326 g/mol. The molecule has 1 aromatic carbocycles. The van der Waals surface area contributed by atoms with Gasteiger partial charge in [0.2, 0.25) is 5.91 Å². The third-order valence-corrected chi connectivity index (χ3v) is 3.69. The van der Waals surface area contributed by atoms with Crippen LogP contribution in [0.15, 0.2) is 24.3 Å². The molecule has 0 aromatic heterocycles. The van der Waals surface area contributed by atoms with Crippen LogP contribution in [0, 0.1) is 0 Å². The van der Waals surface area contributed by atoms with E-state index < -0.39 is 11.7 Å². The number of nitrogens with one attached hydrogen (secondary N) is 2. The maximum Gasteiger partial charge on any atom is 0.416 e. The third-order valence-electron chi connectivity index (χ3n) is 2.75. The van der Waals surface area contributed by atoms with E-state index in [1.165, 1.54) is 6.07 Å². The fourth-order valence-corrected chi connectivity index (χ4v) is 2.68. The smallest absolute Gasteiger partial charge is 0.351 e. The molecule has 1 aromatic rings. The van der Waals surface area contributed by atoms with Crippen LogP contribution in [0.1, 0.15) is 11.1 Å². The van der Waals surface area contributed by atoms with Gasteiger partial charge in [0.15, 0.2) is 0 Å². The minimum atomic E-state index is -4.36. The van der Waals surface area contributed by atoms with E-state index in [1.807, 2.05) is 0 Å². The van der Waals surface area contributed by atoms with Crippen molar-refractivity contribution in [2.24, 2.45) is 0 Å². The van der Waals surface area contributed by atoms with Crippen LogP contribution in [0.2, 0.25) is 0 Å². The van der Waals surface area contributed by atoms with Gasteiger partial charge in [0, 0.05) is 18.2 Å². The summed E-state index contributed by atoms with van der Waals surface area (Å²) in [6.45, 7) is 0.103. The molecule has 1 fully saturated rings. The number of benzene rings is 1. The van der Waals surface area contributed by atoms with Crippen molar-refractivity contribution in [1.82, 2.24) is 10.6 Å². The molecule has 1 saturated heterocycles. The first-order valence-corrected chi connectivity index (χ1v) is 6.87. The molecule has 1 aliphatic rings. The number of carbonyl (C=O) groups is 1. The molecule has 0 radical (unpaired) electrons. The molecule has 0 aliphatic carbocycles. The van der Waals surface area contributed by atoms with Crippen molar-refractivity contribution in [2.45, 2.75) is 18.8 Å². The summed E-state index contributed by atoms with van der Waals surface area (Å²) in [5.41, 5.74) is -0.261. The van der Waals surface area contributed by atoms with E-state index in [9.17, 15) is 18.0 Å². The van der Waals surface area contributed by atoms with Crippen molar-refractivity contribution in [2.75, 3.05) is 11.6 Å². The van der Waals surface area contributed by atoms with Gasteiger partial charge in [-0.1, -0.05) is 12.1 Å². The number of thioether (sulfide) groups is 1. The first kappa shape index (κ1) is 17.1. The van der Waals surface area contributed by atoms with Gasteiger partial charge in [-0.25, -0.2) is 0 Å². The quantitative estimate of drug-likeness (QED) is 0.896. The van der Waals surface area contributed by atoms with Crippen LogP contribution in [0.5, 0.6) is 0 Å². The highest BCUT2D eigenvalue weighted by molar-refractivity contribution is 7.99. The Balaban J connectivity index is 0.00000200. The van der Waals surface area contributed by atoms with Crippen molar-refractivity contribution in [3.8, 4) is 0 Å². The Bertz CT molecular complexity index is 464. The first-order chi connectivity index (χ1) is 8.97. The van der Waals surface area contributed by atoms with Crippen molar-refractivity contribution in [1.29, 1.82) is 0 Å². The molecule has 2 rings (SSSR count). The Kier molecular flexibility index (Phi) is 6.16. The van der Waals surface area contributed by atoms with Gasteiger partial charge in [-0.05, 0) is 17.7 Å². The van der Waals surface area contributed by atoms with Gasteiger partial charge in [-0.2, -0.15) is 13.2 Å². The van der Waals surface area contributed by atoms with E-state index in [1.54, 1.807) is 17.8 Å². The molecule has 2 N–H and O–H groups in total. The molecule has 20 heavy (non-hydrogen) atoms. The van der Waals surface area contributed by atoms with Gasteiger partial charge < -0.3 is 5.32 Å². The number of alkyl halides is 3. The van der Waals surface area contributed by atoms with Crippen LogP contribution in [0.3, 0.4) is 0 Å². The second-order valence-corrected chi connectivity index (χ2v) is 5.22. The average Bonchev–Trinajstić information content (AvgIpc) is 2.89. The summed E-state index contributed by atoms with van der Waals surface area (Å²) >= 11 is 1.62. The summed E-state index contributed by atoms with van der Waals surface area (Å²) in [4.78, 5) is 11.7. The van der Waals surface area contributed by atoms with Crippen molar-refractivity contribution >= 4 is 30.1 Å². The maximum absolute atomic E-state index is 12.5. The summed E-state index contributed by atoms with van der Waals surface area (Å²) in [6, 6.07) is 4.72. The Labute approximate surface area is 125 Å². The number of hydrogen-bond acceptors (Lipinski definition) is 3. The lowest BCUT2D eigenvalue weighted by molar-refractivity contribution is -0.137. The Hall–Kier alpha value is -0.920. The van der Waals surface area contributed by atoms with Crippen molar-refractivity contribution in [3.05, 3.63) is 35.4 Å². The molecule has 0 bridgehead atoms. The predicted octanol–water partition coefficient (Wildman–Crippen LogP) is 2.41. The first-order valence-electron chi connectivity index (χ1n) is 5.72. The van der Waals surface area contributed by atoms with E-state index >= 15 is 0 Å².